The van der Waals surface area contributed by atoms with Crippen LogP contribution in [0, 0.1) is 16.0 Å². The lowest BCUT2D eigenvalue weighted by Crippen LogP contribution is -2.14. The number of methoxy groups -OCH3 is 1. The van der Waals surface area contributed by atoms with Crippen molar-refractivity contribution in [3.63, 3.8) is 0 Å². The Morgan fingerprint density at radius 3 is 2.83 bits per heavy atom. The summed E-state index contributed by atoms with van der Waals surface area (Å²) in [6.45, 7) is 1.73. The van der Waals surface area contributed by atoms with Gasteiger partial charge in [-0.1, -0.05) is 6.92 Å². The van der Waals surface area contributed by atoms with Crippen molar-refractivity contribution in [3.05, 3.63) is 22.2 Å². The van der Waals surface area contributed by atoms with Crippen LogP contribution in [0.4, 0.5) is 11.5 Å². The van der Waals surface area contributed by atoms with Crippen LogP contribution in [0.1, 0.15) is 6.92 Å². The third-order valence-corrected chi connectivity index (χ3v) is 3.35. The fourth-order valence-corrected chi connectivity index (χ4v) is 2.05. The Kier molecular flexibility index (Phi) is 4.90. The molecular formula is C10H13N3O4S. The maximum absolute atomic E-state index is 11.2. The maximum Gasteiger partial charge on any atom is 0.311 e. The average molecular weight is 271 g/mol. The van der Waals surface area contributed by atoms with E-state index in [1.54, 1.807) is 6.92 Å². The second-order valence-electron chi connectivity index (χ2n) is 3.55. The molecule has 1 atom stereocenters. The fraction of sp³-hybridized carbons (Fsp3) is 0.400. The molecule has 0 aromatic carbocycles. The van der Waals surface area contributed by atoms with Crippen molar-refractivity contribution in [1.82, 2.24) is 4.98 Å². The van der Waals surface area contributed by atoms with Crippen LogP contribution in [0.2, 0.25) is 0 Å². The Morgan fingerprint density at radius 1 is 1.67 bits per heavy atom. The van der Waals surface area contributed by atoms with Gasteiger partial charge in [-0.3, -0.25) is 14.9 Å². The van der Waals surface area contributed by atoms with Crippen LogP contribution in [0.3, 0.4) is 0 Å². The van der Waals surface area contributed by atoms with Crippen LogP contribution in [0.5, 0.6) is 0 Å². The lowest BCUT2D eigenvalue weighted by molar-refractivity contribution is -0.384. The molecule has 0 aliphatic heterocycles. The third kappa shape index (κ3) is 3.59. The number of nitrogen functional groups attached to an aromatic ring is 1. The second-order valence-corrected chi connectivity index (χ2v) is 4.59. The number of thioether (sulfide) groups is 1. The van der Waals surface area contributed by atoms with Gasteiger partial charge in [-0.05, 0) is 6.07 Å². The smallest absolute Gasteiger partial charge is 0.311 e. The van der Waals surface area contributed by atoms with Crippen molar-refractivity contribution in [3.8, 4) is 0 Å². The maximum atomic E-state index is 11.2. The van der Waals surface area contributed by atoms with Gasteiger partial charge in [0.1, 0.15) is 0 Å². The predicted molar refractivity (Wildman–Crippen MR) is 67.2 cm³/mol. The Hall–Kier alpha value is -1.83. The Bertz CT molecular complexity index is 466. The zero-order chi connectivity index (χ0) is 13.7. The number of rotatable bonds is 5. The number of pyridine rings is 1. The van der Waals surface area contributed by atoms with Crippen molar-refractivity contribution in [2.45, 2.75) is 11.9 Å². The summed E-state index contributed by atoms with van der Waals surface area (Å²) < 4.78 is 4.59. The van der Waals surface area contributed by atoms with E-state index in [0.29, 0.717) is 10.8 Å². The summed E-state index contributed by atoms with van der Waals surface area (Å²) in [5, 5.41) is 11.1. The summed E-state index contributed by atoms with van der Waals surface area (Å²) in [6.07, 6.45) is 0. The van der Waals surface area contributed by atoms with Gasteiger partial charge < -0.3 is 10.5 Å². The number of nitrogens with two attached hydrogens (primary N) is 1. The Labute approximate surface area is 108 Å². The number of hydrogen-bond acceptors (Lipinski definition) is 7. The van der Waals surface area contributed by atoms with Gasteiger partial charge in [-0.25, -0.2) is 4.98 Å². The number of aromatic nitrogens is 1. The largest absolute Gasteiger partial charge is 0.469 e. The zero-order valence-electron chi connectivity index (χ0n) is 9.95. The van der Waals surface area contributed by atoms with Crippen LogP contribution in [0.25, 0.3) is 0 Å². The number of esters is 1. The molecule has 0 aliphatic carbocycles. The van der Waals surface area contributed by atoms with Gasteiger partial charge in [-0.15, -0.1) is 11.8 Å². The molecule has 0 fully saturated rings. The molecule has 8 heteroatoms. The monoisotopic (exact) mass is 271 g/mol. The quantitative estimate of drug-likeness (QED) is 0.374. The normalized spacial score (nSPS) is 11.9. The summed E-state index contributed by atoms with van der Waals surface area (Å²) in [7, 11) is 1.33. The van der Waals surface area contributed by atoms with Crippen molar-refractivity contribution < 1.29 is 14.5 Å². The molecule has 0 amide bonds. The van der Waals surface area contributed by atoms with E-state index in [1.807, 2.05) is 0 Å². The van der Waals surface area contributed by atoms with Crippen LogP contribution >= 0.6 is 11.8 Å². The Balaban J connectivity index is 2.67. The first-order chi connectivity index (χ1) is 8.45. The average Bonchev–Trinajstić information content (AvgIpc) is 2.34. The molecule has 2 N–H and O–H groups in total. The molecule has 0 aliphatic rings. The molecule has 98 valence electrons. The van der Waals surface area contributed by atoms with E-state index < -0.39 is 4.92 Å². The number of anilines is 1. The van der Waals surface area contributed by atoms with Gasteiger partial charge in [0.15, 0.2) is 0 Å². The molecule has 18 heavy (non-hydrogen) atoms. The molecule has 1 unspecified atom stereocenters. The third-order valence-electron chi connectivity index (χ3n) is 2.16. The molecule has 1 rings (SSSR count). The lowest BCUT2D eigenvalue weighted by Gasteiger charge is -2.08. The molecule has 0 radical (unpaired) electrons. The standard InChI is InChI=1S/C10H13N3O4S/c1-6(10(14)17-2)5-18-8-4-3-7(13(15)16)9(11)12-8/h3-4,6H,5H2,1-2H3,(H2,11,12). The molecule has 0 saturated heterocycles. The minimum atomic E-state index is -0.589. The van der Waals surface area contributed by atoms with Gasteiger partial charge in [0.25, 0.3) is 0 Å². The van der Waals surface area contributed by atoms with Crippen molar-refractivity contribution in [1.29, 1.82) is 0 Å². The highest BCUT2D eigenvalue weighted by Crippen LogP contribution is 2.25. The molecule has 1 heterocycles. The Morgan fingerprint density at radius 2 is 2.33 bits per heavy atom. The summed E-state index contributed by atoms with van der Waals surface area (Å²) >= 11 is 1.29. The van der Waals surface area contributed by atoms with Crippen molar-refractivity contribution in [2.24, 2.45) is 5.92 Å². The predicted octanol–water partition coefficient (Wildman–Crippen LogP) is 1.47. The molecule has 0 saturated carbocycles. The van der Waals surface area contributed by atoms with E-state index in [1.165, 1.54) is 31.0 Å². The molecule has 0 spiro atoms. The molecule has 1 aromatic heterocycles. The van der Waals surface area contributed by atoms with Crippen LogP contribution in [-0.2, 0) is 9.53 Å². The zero-order valence-corrected chi connectivity index (χ0v) is 10.8. The minimum absolute atomic E-state index is 0.129. The van der Waals surface area contributed by atoms with E-state index in [4.69, 9.17) is 5.73 Å². The summed E-state index contributed by atoms with van der Waals surface area (Å²) in [6, 6.07) is 2.80. The SMILES string of the molecule is COC(=O)C(C)CSc1ccc([N+](=O)[O-])c(N)n1. The fourth-order valence-electron chi connectivity index (χ4n) is 1.16. The van der Waals surface area contributed by atoms with Gasteiger partial charge >= 0.3 is 11.7 Å². The van der Waals surface area contributed by atoms with Gasteiger partial charge in [0.05, 0.1) is 23.0 Å². The van der Waals surface area contributed by atoms with Crippen LogP contribution in [-0.4, -0.2) is 28.7 Å². The topological polar surface area (TPSA) is 108 Å². The molecule has 1 aromatic rings. The highest BCUT2D eigenvalue weighted by atomic mass is 32.2. The van der Waals surface area contributed by atoms with Crippen molar-refractivity contribution in [2.75, 3.05) is 18.6 Å². The van der Waals surface area contributed by atoms with E-state index in [-0.39, 0.29) is 23.4 Å². The van der Waals surface area contributed by atoms with E-state index >= 15 is 0 Å². The first kappa shape index (κ1) is 14.2. The van der Waals surface area contributed by atoms with E-state index in [0.717, 1.165) is 0 Å². The number of nitro groups is 1. The van der Waals surface area contributed by atoms with Gasteiger partial charge in [0.2, 0.25) is 5.82 Å². The van der Waals surface area contributed by atoms with Gasteiger partial charge in [-0.2, -0.15) is 0 Å². The van der Waals surface area contributed by atoms with Crippen LogP contribution < -0.4 is 5.73 Å². The van der Waals surface area contributed by atoms with Crippen molar-refractivity contribution >= 4 is 29.2 Å². The first-order valence-corrected chi connectivity index (χ1v) is 6.05. The van der Waals surface area contributed by atoms with E-state index in [9.17, 15) is 14.9 Å². The number of carbonyl (C=O) groups excluding carboxylic acids is 1. The molecule has 0 bridgehead atoms. The minimum Gasteiger partial charge on any atom is -0.469 e. The number of ether oxygens (including phenoxy) is 1. The highest BCUT2D eigenvalue weighted by molar-refractivity contribution is 7.99. The summed E-state index contributed by atoms with van der Waals surface area (Å²) in [5.74, 6) is -0.247. The second kappa shape index (κ2) is 6.20. The van der Waals surface area contributed by atoms with Crippen LogP contribution in [0.15, 0.2) is 17.2 Å². The van der Waals surface area contributed by atoms with Gasteiger partial charge in [0, 0.05) is 11.8 Å². The number of carbonyl (C=O) groups is 1. The number of nitrogens with zero attached hydrogens (tertiary/aromatic N) is 2. The summed E-state index contributed by atoms with van der Waals surface area (Å²) in [5.41, 5.74) is 5.24. The highest BCUT2D eigenvalue weighted by Gasteiger charge is 2.16. The summed E-state index contributed by atoms with van der Waals surface area (Å²) in [4.78, 5) is 25.0. The first-order valence-electron chi connectivity index (χ1n) is 5.07. The van der Waals surface area contributed by atoms with E-state index in [2.05, 4.69) is 9.72 Å². The number of hydrogen-bond donors (Lipinski definition) is 1. The molecular weight excluding hydrogens is 258 g/mol. The molecule has 7 nitrogen and oxygen atoms in total. The lowest BCUT2D eigenvalue weighted by atomic mass is 10.2.